The number of fused-ring (bicyclic) bond motifs is 1. The van der Waals surface area contributed by atoms with Crippen LogP contribution in [0.1, 0.15) is 21.5 Å². The van der Waals surface area contributed by atoms with E-state index in [0.717, 1.165) is 17.5 Å². The number of benzene rings is 2. The first-order chi connectivity index (χ1) is 15.0. The Morgan fingerprint density at radius 3 is 2.58 bits per heavy atom. The van der Waals surface area contributed by atoms with Crippen LogP contribution >= 0.6 is 22.9 Å². The maximum absolute atomic E-state index is 11.4. The molecule has 0 aliphatic carbocycles. The molecule has 0 fully saturated rings. The first kappa shape index (κ1) is 21.0. The predicted octanol–water partition coefficient (Wildman–Crippen LogP) is 5.43. The second kappa shape index (κ2) is 9.24. The van der Waals surface area contributed by atoms with Crippen molar-refractivity contribution in [2.45, 2.75) is 13.0 Å². The molecule has 0 saturated heterocycles. The van der Waals surface area contributed by atoms with Gasteiger partial charge in [0.1, 0.15) is 18.1 Å². The number of thiophene rings is 1. The van der Waals surface area contributed by atoms with Crippen molar-refractivity contribution in [2.24, 2.45) is 0 Å². The number of anilines is 1. The van der Waals surface area contributed by atoms with Crippen molar-refractivity contribution in [1.29, 1.82) is 0 Å². The fourth-order valence-corrected chi connectivity index (χ4v) is 4.30. The van der Waals surface area contributed by atoms with Crippen LogP contribution in [0.15, 0.2) is 60.9 Å². The molecule has 0 bridgehead atoms. The SMILES string of the molecule is Nc1sc2c(C(=O)O)cncc2c1COc1cccc(OCCc2ccc(Cl)cc2)c1. The van der Waals surface area contributed by atoms with Crippen LogP contribution in [-0.2, 0) is 13.0 Å². The lowest BCUT2D eigenvalue weighted by atomic mass is 10.1. The number of hydrogen-bond donors (Lipinski definition) is 2. The molecule has 0 spiro atoms. The number of carbonyl (C=O) groups is 1. The van der Waals surface area contributed by atoms with Gasteiger partial charge in [-0.2, -0.15) is 0 Å². The zero-order valence-electron chi connectivity index (χ0n) is 16.4. The molecule has 31 heavy (non-hydrogen) atoms. The Bertz CT molecular complexity index is 1220. The minimum Gasteiger partial charge on any atom is -0.493 e. The van der Waals surface area contributed by atoms with Gasteiger partial charge in [-0.1, -0.05) is 29.8 Å². The molecular weight excluding hydrogens is 436 g/mol. The maximum Gasteiger partial charge on any atom is 0.338 e. The summed E-state index contributed by atoms with van der Waals surface area (Å²) in [5.41, 5.74) is 8.14. The Morgan fingerprint density at radius 1 is 1.10 bits per heavy atom. The predicted molar refractivity (Wildman–Crippen MR) is 122 cm³/mol. The van der Waals surface area contributed by atoms with Crippen molar-refractivity contribution in [2.75, 3.05) is 12.3 Å². The average molecular weight is 455 g/mol. The summed E-state index contributed by atoms with van der Waals surface area (Å²) in [6.45, 7) is 0.724. The summed E-state index contributed by atoms with van der Waals surface area (Å²) in [5, 5.41) is 11.3. The lowest BCUT2D eigenvalue weighted by Gasteiger charge is -2.10. The number of nitrogens with zero attached hydrogens (tertiary/aromatic N) is 1. The number of aromatic carboxylic acids is 1. The summed E-state index contributed by atoms with van der Waals surface area (Å²) >= 11 is 7.13. The van der Waals surface area contributed by atoms with Gasteiger partial charge in [-0.25, -0.2) is 4.79 Å². The van der Waals surface area contributed by atoms with Crippen LogP contribution in [0.3, 0.4) is 0 Å². The van der Waals surface area contributed by atoms with E-state index < -0.39 is 5.97 Å². The van der Waals surface area contributed by atoms with E-state index in [1.165, 1.54) is 17.5 Å². The van der Waals surface area contributed by atoms with Gasteiger partial charge in [-0.15, -0.1) is 11.3 Å². The lowest BCUT2D eigenvalue weighted by molar-refractivity contribution is 0.0699. The fourth-order valence-electron chi connectivity index (χ4n) is 3.13. The number of carboxylic acids is 1. The maximum atomic E-state index is 11.4. The van der Waals surface area contributed by atoms with Crippen molar-refractivity contribution in [3.8, 4) is 11.5 Å². The highest BCUT2D eigenvalue weighted by Gasteiger charge is 2.17. The number of hydrogen-bond acceptors (Lipinski definition) is 6. The summed E-state index contributed by atoms with van der Waals surface area (Å²) in [4.78, 5) is 15.4. The van der Waals surface area contributed by atoms with Gasteiger partial charge in [0.05, 0.1) is 21.9 Å². The van der Waals surface area contributed by atoms with Gasteiger partial charge < -0.3 is 20.3 Å². The van der Waals surface area contributed by atoms with Crippen molar-refractivity contribution >= 4 is 44.0 Å². The smallest absolute Gasteiger partial charge is 0.338 e. The molecule has 0 unspecified atom stereocenters. The molecule has 3 N–H and O–H groups in total. The summed E-state index contributed by atoms with van der Waals surface area (Å²) in [6.07, 6.45) is 3.71. The van der Waals surface area contributed by atoms with E-state index in [1.807, 2.05) is 48.5 Å². The second-order valence-electron chi connectivity index (χ2n) is 6.80. The first-order valence-electron chi connectivity index (χ1n) is 9.49. The van der Waals surface area contributed by atoms with Gasteiger partial charge in [0.15, 0.2) is 0 Å². The standard InChI is InChI=1S/C23H19ClN2O4S/c24-15-6-4-14(5-7-15)8-9-29-16-2-1-3-17(10-16)30-13-20-18-11-26-12-19(23(27)28)21(18)31-22(20)25/h1-7,10-12H,8-9,13,25H2,(H,27,28). The van der Waals surface area contributed by atoms with Crippen molar-refractivity contribution in [1.82, 2.24) is 4.98 Å². The van der Waals surface area contributed by atoms with E-state index >= 15 is 0 Å². The van der Waals surface area contributed by atoms with Crippen LogP contribution in [0, 0.1) is 0 Å². The Morgan fingerprint density at radius 2 is 1.84 bits per heavy atom. The highest BCUT2D eigenvalue weighted by molar-refractivity contribution is 7.23. The van der Waals surface area contributed by atoms with Crippen molar-refractivity contribution < 1.29 is 19.4 Å². The average Bonchev–Trinajstić information content (AvgIpc) is 3.09. The Labute approximate surface area is 187 Å². The van der Waals surface area contributed by atoms with E-state index in [1.54, 1.807) is 6.20 Å². The normalized spacial score (nSPS) is 10.9. The van der Waals surface area contributed by atoms with Gasteiger partial charge in [-0.3, -0.25) is 4.98 Å². The number of pyridine rings is 1. The zero-order chi connectivity index (χ0) is 21.8. The molecule has 0 atom stereocenters. The third-order valence-corrected chi connectivity index (χ3v) is 6.09. The molecule has 0 aliphatic heterocycles. The third kappa shape index (κ3) is 4.90. The summed E-state index contributed by atoms with van der Waals surface area (Å²) in [6, 6.07) is 15.0. The topological polar surface area (TPSA) is 94.7 Å². The number of aromatic nitrogens is 1. The van der Waals surface area contributed by atoms with Gasteiger partial charge >= 0.3 is 5.97 Å². The highest BCUT2D eigenvalue weighted by Crippen LogP contribution is 2.36. The number of ether oxygens (including phenoxy) is 2. The van der Waals surface area contributed by atoms with Crippen molar-refractivity contribution in [3.63, 3.8) is 0 Å². The van der Waals surface area contributed by atoms with Crippen LogP contribution in [0.25, 0.3) is 10.1 Å². The number of halogens is 1. The molecule has 6 nitrogen and oxygen atoms in total. The zero-order valence-corrected chi connectivity index (χ0v) is 17.9. The molecule has 2 aromatic heterocycles. The summed E-state index contributed by atoms with van der Waals surface area (Å²) in [7, 11) is 0. The molecule has 2 heterocycles. The molecule has 158 valence electrons. The molecule has 0 amide bonds. The van der Waals surface area contributed by atoms with E-state index in [-0.39, 0.29) is 12.2 Å². The van der Waals surface area contributed by atoms with E-state index in [2.05, 4.69) is 4.98 Å². The summed E-state index contributed by atoms with van der Waals surface area (Å²) < 4.78 is 12.4. The molecule has 4 aromatic rings. The minimum atomic E-state index is -1.03. The molecule has 0 saturated carbocycles. The molecule has 8 heteroatoms. The van der Waals surface area contributed by atoms with E-state index in [4.69, 9.17) is 26.8 Å². The second-order valence-corrected chi connectivity index (χ2v) is 8.29. The Balaban J connectivity index is 1.41. The van der Waals surface area contributed by atoms with Crippen LogP contribution in [0.2, 0.25) is 5.02 Å². The molecule has 0 aliphatic rings. The largest absolute Gasteiger partial charge is 0.493 e. The van der Waals surface area contributed by atoms with E-state index in [9.17, 15) is 9.90 Å². The third-order valence-electron chi connectivity index (χ3n) is 4.72. The number of nitrogens with two attached hydrogens (primary N) is 1. The number of rotatable bonds is 8. The number of carboxylic acid groups (broad SMARTS) is 1. The van der Waals surface area contributed by atoms with Crippen molar-refractivity contribution in [3.05, 3.63) is 82.6 Å². The highest BCUT2D eigenvalue weighted by atomic mass is 35.5. The fraction of sp³-hybridized carbons (Fsp3) is 0.130. The van der Waals surface area contributed by atoms with Crippen LogP contribution in [0.4, 0.5) is 5.00 Å². The molecular formula is C23H19ClN2O4S. The van der Waals surface area contributed by atoms with Gasteiger partial charge in [0.25, 0.3) is 0 Å². The quantitative estimate of drug-likeness (QED) is 0.368. The van der Waals surface area contributed by atoms with Gasteiger partial charge in [-0.05, 0) is 29.8 Å². The first-order valence-corrected chi connectivity index (χ1v) is 10.7. The number of nitrogen functional groups attached to an aromatic ring is 1. The van der Waals surface area contributed by atoms with Gasteiger partial charge in [0, 0.05) is 40.9 Å². The van der Waals surface area contributed by atoms with Crippen LogP contribution < -0.4 is 15.2 Å². The van der Waals surface area contributed by atoms with Gasteiger partial charge in [0.2, 0.25) is 0 Å². The molecule has 0 radical (unpaired) electrons. The summed E-state index contributed by atoms with van der Waals surface area (Å²) in [5.74, 6) is 0.296. The van der Waals surface area contributed by atoms with E-state index in [0.29, 0.717) is 38.2 Å². The molecule has 4 rings (SSSR count). The Hall–Kier alpha value is -3.29. The Kier molecular flexibility index (Phi) is 6.25. The van der Waals surface area contributed by atoms with Crippen LogP contribution in [0.5, 0.6) is 11.5 Å². The van der Waals surface area contributed by atoms with Crippen LogP contribution in [-0.4, -0.2) is 22.7 Å². The minimum absolute atomic E-state index is 0.136. The monoisotopic (exact) mass is 454 g/mol. The lowest BCUT2D eigenvalue weighted by Crippen LogP contribution is -2.02. The molecule has 2 aromatic carbocycles.